The van der Waals surface area contributed by atoms with Crippen LogP contribution in [0, 0.1) is 0 Å². The van der Waals surface area contributed by atoms with Gasteiger partial charge in [-0.1, -0.05) is 77.7 Å². The minimum absolute atomic E-state index is 0.0172. The Balaban J connectivity index is 1.38. The lowest BCUT2D eigenvalue weighted by Gasteiger charge is -2.22. The molecule has 1 aromatic heterocycles. The van der Waals surface area contributed by atoms with E-state index in [9.17, 15) is 19.8 Å². The SMILES string of the molecule is COc1ccc(/C(O)=C2/C(=O)C(=O)N(c3nnc(SCc4cccc5ccccc45)s3)C2c2ccc(O)cc2)cc1OC. The summed E-state index contributed by atoms with van der Waals surface area (Å²) in [5.74, 6) is -0.656. The fourth-order valence-electron chi connectivity index (χ4n) is 5.06. The second-order valence-electron chi connectivity index (χ2n) is 9.61. The normalized spacial score (nSPS) is 16.1. The highest BCUT2D eigenvalue weighted by molar-refractivity contribution is 8.00. The molecule has 216 valence electrons. The third-order valence-corrected chi connectivity index (χ3v) is 9.25. The van der Waals surface area contributed by atoms with Crippen LogP contribution in [-0.2, 0) is 15.3 Å². The van der Waals surface area contributed by atoms with Crippen molar-refractivity contribution in [3.05, 3.63) is 107 Å². The summed E-state index contributed by atoms with van der Waals surface area (Å²) in [6, 6.07) is 24.1. The number of aliphatic hydroxyl groups excluding tert-OH is 1. The number of amides is 1. The molecule has 6 rings (SSSR count). The van der Waals surface area contributed by atoms with E-state index < -0.39 is 17.7 Å². The van der Waals surface area contributed by atoms with Crippen molar-refractivity contribution >= 4 is 56.5 Å². The second kappa shape index (κ2) is 11.8. The van der Waals surface area contributed by atoms with E-state index in [2.05, 4.69) is 34.5 Å². The van der Waals surface area contributed by atoms with E-state index in [1.807, 2.05) is 18.2 Å². The van der Waals surface area contributed by atoms with Gasteiger partial charge in [-0.2, -0.15) is 0 Å². The van der Waals surface area contributed by atoms with Crippen molar-refractivity contribution in [2.45, 2.75) is 16.1 Å². The molecule has 1 saturated heterocycles. The molecule has 1 fully saturated rings. The zero-order valence-corrected chi connectivity index (χ0v) is 24.7. The zero-order valence-electron chi connectivity index (χ0n) is 23.1. The average Bonchev–Trinajstić information content (AvgIpc) is 3.61. The molecule has 43 heavy (non-hydrogen) atoms. The summed E-state index contributed by atoms with van der Waals surface area (Å²) in [5, 5.41) is 32.4. The molecule has 2 N–H and O–H groups in total. The number of methoxy groups -OCH3 is 2. The Kier molecular flexibility index (Phi) is 7.75. The highest BCUT2D eigenvalue weighted by Gasteiger charge is 2.48. The van der Waals surface area contributed by atoms with Crippen LogP contribution in [0.3, 0.4) is 0 Å². The highest BCUT2D eigenvalue weighted by Crippen LogP contribution is 2.45. The smallest absolute Gasteiger partial charge is 0.301 e. The van der Waals surface area contributed by atoms with Gasteiger partial charge in [0.25, 0.3) is 5.78 Å². The maximum absolute atomic E-state index is 13.5. The van der Waals surface area contributed by atoms with Crippen molar-refractivity contribution < 1.29 is 29.3 Å². The van der Waals surface area contributed by atoms with Crippen LogP contribution in [0.15, 0.2) is 94.8 Å². The van der Waals surface area contributed by atoms with Gasteiger partial charge in [-0.15, -0.1) is 10.2 Å². The van der Waals surface area contributed by atoms with E-state index >= 15 is 0 Å². The van der Waals surface area contributed by atoms with Gasteiger partial charge in [0.05, 0.1) is 25.8 Å². The molecular formula is C32H25N3O6S2. The number of rotatable bonds is 8. The Morgan fingerprint density at radius 1 is 0.930 bits per heavy atom. The number of thioether (sulfide) groups is 1. The lowest BCUT2D eigenvalue weighted by molar-refractivity contribution is -0.132. The van der Waals surface area contributed by atoms with Crippen molar-refractivity contribution in [3.63, 3.8) is 0 Å². The molecule has 4 aromatic carbocycles. The number of ketones is 1. The van der Waals surface area contributed by atoms with E-state index in [4.69, 9.17) is 9.47 Å². The summed E-state index contributed by atoms with van der Waals surface area (Å²) >= 11 is 2.67. The molecule has 0 bridgehead atoms. The monoisotopic (exact) mass is 611 g/mol. The lowest BCUT2D eigenvalue weighted by Crippen LogP contribution is -2.29. The van der Waals surface area contributed by atoms with Crippen LogP contribution in [-0.4, -0.2) is 46.3 Å². The molecule has 0 saturated carbocycles. The van der Waals surface area contributed by atoms with Gasteiger partial charge in [-0.05, 0) is 52.2 Å². The molecule has 1 unspecified atom stereocenters. The second-order valence-corrected chi connectivity index (χ2v) is 11.8. The molecule has 1 aliphatic heterocycles. The number of aromatic hydroxyl groups is 1. The Bertz CT molecular complexity index is 1880. The van der Waals surface area contributed by atoms with Gasteiger partial charge in [0.15, 0.2) is 15.8 Å². The molecule has 0 aliphatic carbocycles. The Hall–Kier alpha value is -4.87. The molecule has 9 nitrogen and oxygen atoms in total. The van der Waals surface area contributed by atoms with Gasteiger partial charge >= 0.3 is 5.91 Å². The number of nitrogens with zero attached hydrogens (tertiary/aromatic N) is 3. The summed E-state index contributed by atoms with van der Waals surface area (Å²) in [4.78, 5) is 28.3. The van der Waals surface area contributed by atoms with E-state index in [0.29, 0.717) is 27.2 Å². The van der Waals surface area contributed by atoms with Crippen molar-refractivity contribution in [2.75, 3.05) is 19.1 Å². The van der Waals surface area contributed by atoms with Crippen LogP contribution < -0.4 is 14.4 Å². The van der Waals surface area contributed by atoms with Gasteiger partial charge in [-0.25, -0.2) is 0 Å². The maximum atomic E-state index is 13.5. The predicted molar refractivity (Wildman–Crippen MR) is 166 cm³/mol. The van der Waals surface area contributed by atoms with E-state index in [0.717, 1.165) is 16.3 Å². The molecule has 1 amide bonds. The van der Waals surface area contributed by atoms with Crippen molar-refractivity contribution in [3.8, 4) is 17.2 Å². The summed E-state index contributed by atoms with van der Waals surface area (Å²) in [6.07, 6.45) is 0. The number of ether oxygens (including phenoxy) is 2. The maximum Gasteiger partial charge on any atom is 0.301 e. The van der Waals surface area contributed by atoms with Crippen molar-refractivity contribution in [2.24, 2.45) is 0 Å². The van der Waals surface area contributed by atoms with Gasteiger partial charge in [0.2, 0.25) is 5.13 Å². The first kappa shape index (κ1) is 28.3. The first-order valence-corrected chi connectivity index (χ1v) is 14.9. The largest absolute Gasteiger partial charge is 0.508 e. The highest BCUT2D eigenvalue weighted by atomic mass is 32.2. The van der Waals surface area contributed by atoms with Crippen LogP contribution in [0.2, 0.25) is 0 Å². The summed E-state index contributed by atoms with van der Waals surface area (Å²) < 4.78 is 11.3. The minimum atomic E-state index is -1.02. The number of fused-ring (bicyclic) bond motifs is 1. The molecule has 0 radical (unpaired) electrons. The minimum Gasteiger partial charge on any atom is -0.508 e. The number of carbonyl (C=O) groups excluding carboxylic acids is 2. The third kappa shape index (κ3) is 5.28. The summed E-state index contributed by atoms with van der Waals surface area (Å²) in [7, 11) is 2.95. The number of phenolic OH excluding ortho intramolecular Hbond substituents is 1. The zero-order chi connectivity index (χ0) is 30.1. The molecule has 1 aliphatic rings. The van der Waals surface area contributed by atoms with Crippen LogP contribution in [0.4, 0.5) is 5.13 Å². The number of aromatic nitrogens is 2. The Morgan fingerprint density at radius 2 is 1.67 bits per heavy atom. The van der Waals surface area contributed by atoms with E-state index in [-0.39, 0.29) is 27.8 Å². The number of hydrogen-bond acceptors (Lipinski definition) is 10. The van der Waals surface area contributed by atoms with Crippen molar-refractivity contribution in [1.82, 2.24) is 10.2 Å². The van der Waals surface area contributed by atoms with Crippen LogP contribution in [0.1, 0.15) is 22.7 Å². The fourth-order valence-corrected chi connectivity index (χ4v) is 6.93. The number of phenols is 1. The van der Waals surface area contributed by atoms with Gasteiger partial charge in [-0.3, -0.25) is 14.5 Å². The number of carbonyl (C=O) groups is 2. The van der Waals surface area contributed by atoms with E-state index in [1.165, 1.54) is 60.4 Å². The first-order chi connectivity index (χ1) is 20.9. The first-order valence-electron chi connectivity index (χ1n) is 13.1. The van der Waals surface area contributed by atoms with Gasteiger partial charge in [0, 0.05) is 11.3 Å². The molecule has 1 atom stereocenters. The third-order valence-electron chi connectivity index (χ3n) is 7.14. The number of hydrogen-bond donors (Lipinski definition) is 2. The summed E-state index contributed by atoms with van der Waals surface area (Å²) in [6.45, 7) is 0. The standard InChI is InChI=1S/C32H25N3O6S2/c1-40-24-15-12-20(16-25(24)41-2)28(37)26-27(19-10-13-22(36)14-11-19)35(30(39)29(26)38)31-33-34-32(43-31)42-17-21-8-5-7-18-6-3-4-9-23(18)21/h3-16,27,36-37H,17H2,1-2H3/b28-26-. The topological polar surface area (TPSA) is 122 Å². The van der Waals surface area contributed by atoms with Crippen LogP contribution in [0.5, 0.6) is 17.2 Å². The van der Waals surface area contributed by atoms with Crippen LogP contribution >= 0.6 is 23.1 Å². The van der Waals surface area contributed by atoms with Gasteiger partial charge in [0.1, 0.15) is 11.5 Å². The van der Waals surface area contributed by atoms with Gasteiger partial charge < -0.3 is 19.7 Å². The summed E-state index contributed by atoms with van der Waals surface area (Å²) in [5.41, 5.74) is 1.78. The fraction of sp³-hybridized carbons (Fsp3) is 0.125. The Morgan fingerprint density at radius 3 is 2.44 bits per heavy atom. The van der Waals surface area contributed by atoms with Crippen molar-refractivity contribution in [1.29, 1.82) is 0 Å². The number of Topliss-reactive ketones (excluding diaryl/α,β-unsaturated/α-hetero) is 1. The lowest BCUT2D eigenvalue weighted by atomic mass is 9.95. The molecule has 5 aromatic rings. The van der Waals surface area contributed by atoms with E-state index in [1.54, 1.807) is 24.3 Å². The number of aliphatic hydroxyl groups is 1. The average molecular weight is 612 g/mol. The molecule has 11 heteroatoms. The quantitative estimate of drug-likeness (QED) is 0.0681. The molecule has 0 spiro atoms. The Labute approximate surface area is 255 Å². The predicted octanol–water partition coefficient (Wildman–Crippen LogP) is 6.33. The number of anilines is 1. The molecule has 2 heterocycles. The molecular weight excluding hydrogens is 587 g/mol. The number of benzene rings is 4. The van der Waals surface area contributed by atoms with Crippen LogP contribution in [0.25, 0.3) is 16.5 Å².